The maximum Gasteiger partial charge on any atom is 0.134 e. The van der Waals surface area contributed by atoms with Gasteiger partial charge in [0, 0.05) is 17.3 Å². The van der Waals surface area contributed by atoms with E-state index < -0.39 is 0 Å². The smallest absolute Gasteiger partial charge is 0.134 e. The maximum absolute atomic E-state index is 6.13. The number of fused-ring (bicyclic) bond motifs is 1. The number of furan rings is 1. The van der Waals surface area contributed by atoms with Crippen LogP contribution in [0.5, 0.6) is 0 Å². The van der Waals surface area contributed by atoms with Gasteiger partial charge in [-0.15, -0.1) is 11.8 Å². The Balaban J connectivity index is 1.77. The number of pyridine rings is 1. The number of nitrogens with one attached hydrogen (secondary N) is 1. The molecule has 1 atom stereocenters. The number of aromatic nitrogens is 1. The Labute approximate surface area is 132 Å². The molecule has 5 heteroatoms. The minimum absolute atomic E-state index is 0.112. The van der Waals surface area contributed by atoms with E-state index in [1.54, 1.807) is 18.0 Å². The summed E-state index contributed by atoms with van der Waals surface area (Å²) in [7, 11) is 1.93. The lowest BCUT2D eigenvalue weighted by Crippen LogP contribution is -2.18. The van der Waals surface area contributed by atoms with Crippen molar-refractivity contribution in [3.63, 3.8) is 0 Å². The molecule has 0 fully saturated rings. The second-order valence-corrected chi connectivity index (χ2v) is 6.05. The number of para-hydroxylation sites is 1. The maximum atomic E-state index is 6.13. The highest BCUT2D eigenvalue weighted by atomic mass is 35.5. The largest absolute Gasteiger partial charge is 0.459 e. The van der Waals surface area contributed by atoms with Crippen LogP contribution in [0.4, 0.5) is 0 Å². The van der Waals surface area contributed by atoms with Crippen LogP contribution in [0.2, 0.25) is 5.02 Å². The van der Waals surface area contributed by atoms with Crippen LogP contribution in [0, 0.1) is 0 Å². The Morgan fingerprint density at radius 2 is 2.14 bits per heavy atom. The van der Waals surface area contributed by atoms with Gasteiger partial charge in [-0.3, -0.25) is 0 Å². The van der Waals surface area contributed by atoms with Crippen molar-refractivity contribution in [1.29, 1.82) is 0 Å². The van der Waals surface area contributed by atoms with Gasteiger partial charge in [-0.25, -0.2) is 4.98 Å². The van der Waals surface area contributed by atoms with Gasteiger partial charge in [0.2, 0.25) is 0 Å². The monoisotopic (exact) mass is 318 g/mol. The summed E-state index contributed by atoms with van der Waals surface area (Å²) in [6, 6.07) is 13.9. The van der Waals surface area contributed by atoms with Crippen molar-refractivity contribution in [2.75, 3.05) is 12.8 Å². The molecular formula is C16H15ClN2OS. The highest BCUT2D eigenvalue weighted by Gasteiger charge is 2.16. The van der Waals surface area contributed by atoms with Crippen molar-refractivity contribution in [3.05, 3.63) is 59.4 Å². The van der Waals surface area contributed by atoms with E-state index in [4.69, 9.17) is 16.0 Å². The molecule has 0 bridgehead atoms. The molecule has 3 nitrogen and oxygen atoms in total. The topological polar surface area (TPSA) is 38.1 Å². The van der Waals surface area contributed by atoms with Crippen LogP contribution >= 0.6 is 23.4 Å². The number of hydrogen-bond donors (Lipinski definition) is 1. The summed E-state index contributed by atoms with van der Waals surface area (Å²) in [4.78, 5) is 4.29. The molecule has 0 radical (unpaired) electrons. The van der Waals surface area contributed by atoms with Gasteiger partial charge in [0.1, 0.15) is 16.4 Å². The fraction of sp³-hybridized carbons (Fsp3) is 0.188. The molecule has 108 valence electrons. The molecule has 0 aliphatic carbocycles. The van der Waals surface area contributed by atoms with Crippen molar-refractivity contribution in [1.82, 2.24) is 10.3 Å². The number of hydrogen-bond acceptors (Lipinski definition) is 4. The Hall–Kier alpha value is -1.49. The van der Waals surface area contributed by atoms with Crippen LogP contribution in [-0.4, -0.2) is 17.8 Å². The molecule has 0 aliphatic heterocycles. The zero-order chi connectivity index (χ0) is 14.7. The van der Waals surface area contributed by atoms with Gasteiger partial charge < -0.3 is 9.73 Å². The number of nitrogens with zero attached hydrogens (tertiary/aromatic N) is 1. The standard InChI is InChI=1S/C16H15ClN2OS/c1-18-13(10-21-16-12(17)6-4-8-19-16)15-9-11-5-2-3-7-14(11)20-15/h2-9,13,18H,10H2,1H3. The van der Waals surface area contributed by atoms with Crippen LogP contribution in [0.15, 0.2) is 58.1 Å². The van der Waals surface area contributed by atoms with E-state index in [1.807, 2.05) is 37.4 Å². The van der Waals surface area contributed by atoms with E-state index in [0.29, 0.717) is 5.02 Å². The molecule has 3 rings (SSSR count). The molecule has 2 aromatic heterocycles. The summed E-state index contributed by atoms with van der Waals surface area (Å²) < 4.78 is 5.91. The van der Waals surface area contributed by atoms with Gasteiger partial charge in [0.05, 0.1) is 11.1 Å². The van der Waals surface area contributed by atoms with Gasteiger partial charge in [0.15, 0.2) is 0 Å². The van der Waals surface area contributed by atoms with E-state index in [-0.39, 0.29) is 6.04 Å². The first-order valence-corrected chi connectivity index (χ1v) is 8.03. The van der Waals surface area contributed by atoms with Crippen LogP contribution in [-0.2, 0) is 0 Å². The molecule has 0 saturated heterocycles. The van der Waals surface area contributed by atoms with Crippen LogP contribution < -0.4 is 5.32 Å². The minimum atomic E-state index is 0.112. The third kappa shape index (κ3) is 3.23. The summed E-state index contributed by atoms with van der Waals surface area (Å²) in [5.41, 5.74) is 0.911. The number of halogens is 1. The van der Waals surface area contributed by atoms with Crippen LogP contribution in [0.25, 0.3) is 11.0 Å². The molecular weight excluding hydrogens is 304 g/mol. The average Bonchev–Trinajstić information content (AvgIpc) is 2.93. The minimum Gasteiger partial charge on any atom is -0.459 e. The van der Waals surface area contributed by atoms with Gasteiger partial charge >= 0.3 is 0 Å². The Kier molecular flexibility index (Phi) is 4.48. The molecule has 1 N–H and O–H groups in total. The Bertz CT molecular complexity index is 711. The number of rotatable bonds is 5. The molecule has 0 amide bonds. The fourth-order valence-corrected chi connectivity index (χ4v) is 3.40. The van der Waals surface area contributed by atoms with E-state index in [9.17, 15) is 0 Å². The van der Waals surface area contributed by atoms with Crippen LogP contribution in [0.1, 0.15) is 11.8 Å². The summed E-state index contributed by atoms with van der Waals surface area (Å²) in [5, 5.41) is 5.93. The van der Waals surface area contributed by atoms with E-state index >= 15 is 0 Å². The van der Waals surface area contributed by atoms with E-state index in [0.717, 1.165) is 27.5 Å². The summed E-state index contributed by atoms with van der Waals surface area (Å²) >= 11 is 7.75. The van der Waals surface area contributed by atoms with Gasteiger partial charge in [-0.1, -0.05) is 29.8 Å². The Morgan fingerprint density at radius 1 is 1.29 bits per heavy atom. The van der Waals surface area contributed by atoms with Gasteiger partial charge in [-0.05, 0) is 31.3 Å². The normalized spacial score (nSPS) is 12.7. The SMILES string of the molecule is CNC(CSc1ncccc1Cl)c1cc2ccccc2o1. The molecule has 1 unspecified atom stereocenters. The summed E-state index contributed by atoms with van der Waals surface area (Å²) in [6.45, 7) is 0. The first-order valence-electron chi connectivity index (χ1n) is 6.67. The van der Waals surface area contributed by atoms with Crippen molar-refractivity contribution >= 4 is 34.3 Å². The average molecular weight is 319 g/mol. The predicted molar refractivity (Wildman–Crippen MR) is 88.0 cm³/mol. The molecule has 0 aliphatic rings. The quantitative estimate of drug-likeness (QED) is 0.701. The number of benzene rings is 1. The highest BCUT2D eigenvalue weighted by Crippen LogP contribution is 2.30. The highest BCUT2D eigenvalue weighted by molar-refractivity contribution is 7.99. The summed E-state index contributed by atoms with van der Waals surface area (Å²) in [5.74, 6) is 1.73. The zero-order valence-electron chi connectivity index (χ0n) is 11.5. The lowest BCUT2D eigenvalue weighted by atomic mass is 10.2. The number of thioether (sulfide) groups is 1. The lowest BCUT2D eigenvalue weighted by molar-refractivity contribution is 0.479. The molecule has 0 spiro atoms. The fourth-order valence-electron chi connectivity index (χ4n) is 2.12. The second-order valence-electron chi connectivity index (χ2n) is 4.63. The Morgan fingerprint density at radius 3 is 2.90 bits per heavy atom. The first kappa shape index (κ1) is 14.4. The van der Waals surface area contributed by atoms with E-state index in [2.05, 4.69) is 22.4 Å². The van der Waals surface area contributed by atoms with Crippen molar-refractivity contribution in [2.24, 2.45) is 0 Å². The molecule has 21 heavy (non-hydrogen) atoms. The van der Waals surface area contributed by atoms with Crippen molar-refractivity contribution in [3.8, 4) is 0 Å². The lowest BCUT2D eigenvalue weighted by Gasteiger charge is -2.13. The molecule has 3 aromatic rings. The predicted octanol–water partition coefficient (Wildman–Crippen LogP) is 4.53. The van der Waals surface area contributed by atoms with Crippen molar-refractivity contribution < 1.29 is 4.42 Å². The van der Waals surface area contributed by atoms with Crippen LogP contribution in [0.3, 0.4) is 0 Å². The van der Waals surface area contributed by atoms with E-state index in [1.165, 1.54) is 0 Å². The van der Waals surface area contributed by atoms with Gasteiger partial charge in [0.25, 0.3) is 0 Å². The molecule has 2 heterocycles. The summed E-state index contributed by atoms with van der Waals surface area (Å²) in [6.07, 6.45) is 1.75. The first-order chi connectivity index (χ1) is 10.3. The third-order valence-electron chi connectivity index (χ3n) is 3.25. The molecule has 0 saturated carbocycles. The van der Waals surface area contributed by atoms with Crippen molar-refractivity contribution in [2.45, 2.75) is 11.1 Å². The second kappa shape index (κ2) is 6.52. The molecule has 1 aromatic carbocycles. The third-order valence-corrected chi connectivity index (χ3v) is 4.76. The zero-order valence-corrected chi connectivity index (χ0v) is 13.1. The van der Waals surface area contributed by atoms with Gasteiger partial charge in [-0.2, -0.15) is 0 Å².